The zero-order chi connectivity index (χ0) is 24.6. The van der Waals surface area contributed by atoms with E-state index in [1.807, 2.05) is 0 Å². The van der Waals surface area contributed by atoms with E-state index in [9.17, 15) is 22.8 Å². The second kappa shape index (κ2) is 8.90. The number of nitrogens with zero attached hydrogens (tertiary/aromatic N) is 5. The van der Waals surface area contributed by atoms with E-state index in [2.05, 4.69) is 22.6 Å². The van der Waals surface area contributed by atoms with Crippen LogP contribution in [0.2, 0.25) is 0 Å². The van der Waals surface area contributed by atoms with Gasteiger partial charge in [-0.2, -0.15) is 18.4 Å². The molecular formula is C21H21F3N6O2S. The molecule has 1 aliphatic heterocycles. The first-order chi connectivity index (χ1) is 15.4. The van der Waals surface area contributed by atoms with Gasteiger partial charge in [0.2, 0.25) is 5.91 Å². The van der Waals surface area contributed by atoms with Crippen molar-refractivity contribution in [3.8, 4) is 6.07 Å². The Morgan fingerprint density at radius 2 is 1.94 bits per heavy atom. The molecule has 1 fully saturated rings. The van der Waals surface area contributed by atoms with Gasteiger partial charge in [0.25, 0.3) is 5.91 Å². The van der Waals surface area contributed by atoms with E-state index in [-0.39, 0.29) is 12.1 Å². The largest absolute Gasteiger partial charge is 0.419 e. The third-order valence-corrected chi connectivity index (χ3v) is 5.77. The van der Waals surface area contributed by atoms with Crippen LogP contribution in [0.3, 0.4) is 0 Å². The molecule has 2 aromatic heterocycles. The third kappa shape index (κ3) is 4.73. The Labute approximate surface area is 193 Å². The Morgan fingerprint density at radius 1 is 1.27 bits per heavy atom. The normalized spacial score (nSPS) is 17.8. The van der Waals surface area contributed by atoms with Gasteiger partial charge in [-0.25, -0.2) is 4.98 Å². The molecule has 2 N–H and O–H groups in total. The molecule has 0 aromatic carbocycles. The number of hydrogen-bond donors (Lipinski definition) is 2. The SMILES string of the molecule is CC1(C)C(=O)N(c2cnc(C#N)c(C(F)(F)F)c2)C(S)N1c1ccc(CCCC(N)=O)nc1. The molecule has 1 saturated heterocycles. The lowest BCUT2D eigenvalue weighted by Gasteiger charge is -2.33. The van der Waals surface area contributed by atoms with E-state index >= 15 is 0 Å². The fourth-order valence-electron chi connectivity index (χ4n) is 3.65. The van der Waals surface area contributed by atoms with Crippen LogP contribution in [0.1, 0.15) is 43.6 Å². The van der Waals surface area contributed by atoms with E-state index in [1.54, 1.807) is 37.1 Å². The number of primary amides is 1. The van der Waals surface area contributed by atoms with Gasteiger partial charge in [-0.3, -0.25) is 19.5 Å². The van der Waals surface area contributed by atoms with Crippen molar-refractivity contribution in [3.05, 3.63) is 47.5 Å². The summed E-state index contributed by atoms with van der Waals surface area (Å²) in [7, 11) is 0. The fraction of sp³-hybridized carbons (Fsp3) is 0.381. The Morgan fingerprint density at radius 3 is 2.48 bits per heavy atom. The van der Waals surface area contributed by atoms with E-state index in [4.69, 9.17) is 11.0 Å². The highest BCUT2D eigenvalue weighted by Gasteiger charge is 2.52. The number of aryl methyl sites for hydroxylation is 1. The molecule has 33 heavy (non-hydrogen) atoms. The van der Waals surface area contributed by atoms with Gasteiger partial charge in [0.05, 0.1) is 29.3 Å². The molecule has 0 saturated carbocycles. The van der Waals surface area contributed by atoms with Crippen molar-refractivity contribution in [1.29, 1.82) is 5.26 Å². The number of anilines is 2. The van der Waals surface area contributed by atoms with Crippen LogP contribution in [0.5, 0.6) is 0 Å². The number of aromatic nitrogens is 2. The van der Waals surface area contributed by atoms with Gasteiger partial charge < -0.3 is 10.6 Å². The van der Waals surface area contributed by atoms with Crippen LogP contribution < -0.4 is 15.5 Å². The number of halogens is 3. The number of amides is 2. The van der Waals surface area contributed by atoms with Crippen molar-refractivity contribution in [1.82, 2.24) is 9.97 Å². The minimum Gasteiger partial charge on any atom is -0.370 e. The van der Waals surface area contributed by atoms with Crippen LogP contribution in [0.4, 0.5) is 24.5 Å². The highest BCUT2D eigenvalue weighted by Crippen LogP contribution is 2.41. The highest BCUT2D eigenvalue weighted by molar-refractivity contribution is 7.81. The molecular weight excluding hydrogens is 457 g/mol. The minimum absolute atomic E-state index is 0.127. The van der Waals surface area contributed by atoms with Gasteiger partial charge >= 0.3 is 6.18 Å². The number of nitriles is 1. The maximum atomic E-state index is 13.4. The van der Waals surface area contributed by atoms with E-state index in [0.29, 0.717) is 18.5 Å². The Kier molecular flexibility index (Phi) is 6.56. The lowest BCUT2D eigenvalue weighted by Crippen LogP contribution is -2.45. The number of carbonyl (C=O) groups is 2. The predicted octanol–water partition coefficient (Wildman–Crippen LogP) is 3.02. The molecule has 8 nitrogen and oxygen atoms in total. The zero-order valence-corrected chi connectivity index (χ0v) is 18.7. The average Bonchev–Trinajstić information content (AvgIpc) is 2.91. The summed E-state index contributed by atoms with van der Waals surface area (Å²) in [6.45, 7) is 3.25. The molecule has 174 valence electrons. The monoisotopic (exact) mass is 478 g/mol. The molecule has 0 radical (unpaired) electrons. The number of carbonyl (C=O) groups excluding carboxylic acids is 2. The number of thiol groups is 1. The Bertz CT molecular complexity index is 1110. The van der Waals surface area contributed by atoms with Crippen LogP contribution >= 0.6 is 12.6 Å². The van der Waals surface area contributed by atoms with Crippen LogP contribution in [-0.2, 0) is 22.2 Å². The summed E-state index contributed by atoms with van der Waals surface area (Å²) < 4.78 is 40.2. The molecule has 2 aromatic rings. The molecule has 12 heteroatoms. The Hall–Kier alpha value is -3.33. The smallest absolute Gasteiger partial charge is 0.370 e. The summed E-state index contributed by atoms with van der Waals surface area (Å²) in [5.41, 5.74) is 2.15. The molecule has 0 spiro atoms. The fourth-order valence-corrected chi connectivity index (χ4v) is 4.32. The lowest BCUT2D eigenvalue weighted by atomic mass is 10.0. The summed E-state index contributed by atoms with van der Waals surface area (Å²) >= 11 is 4.52. The van der Waals surface area contributed by atoms with Crippen molar-refractivity contribution in [2.24, 2.45) is 5.73 Å². The van der Waals surface area contributed by atoms with Crippen molar-refractivity contribution < 1.29 is 22.8 Å². The van der Waals surface area contributed by atoms with Crippen molar-refractivity contribution in [3.63, 3.8) is 0 Å². The maximum absolute atomic E-state index is 13.4. The molecule has 2 amide bonds. The first-order valence-corrected chi connectivity index (χ1v) is 10.4. The first kappa shape index (κ1) is 24.3. The van der Waals surface area contributed by atoms with E-state index < -0.39 is 40.3 Å². The topological polar surface area (TPSA) is 116 Å². The Balaban J connectivity index is 1.93. The average molecular weight is 479 g/mol. The van der Waals surface area contributed by atoms with E-state index in [0.717, 1.165) is 22.9 Å². The molecule has 3 rings (SSSR count). The van der Waals surface area contributed by atoms with Gasteiger partial charge in [0, 0.05) is 12.1 Å². The number of nitrogens with two attached hydrogens (primary N) is 1. The molecule has 1 aliphatic rings. The van der Waals surface area contributed by atoms with E-state index in [1.165, 1.54) is 6.07 Å². The summed E-state index contributed by atoms with van der Waals surface area (Å²) in [6.07, 6.45) is -0.894. The van der Waals surface area contributed by atoms with Crippen LogP contribution in [0, 0.1) is 11.3 Å². The third-order valence-electron chi connectivity index (χ3n) is 5.31. The predicted molar refractivity (Wildman–Crippen MR) is 117 cm³/mol. The van der Waals surface area contributed by atoms with Crippen LogP contribution in [0.15, 0.2) is 30.6 Å². The second-order valence-electron chi connectivity index (χ2n) is 7.98. The first-order valence-electron chi connectivity index (χ1n) is 9.89. The van der Waals surface area contributed by atoms with Gasteiger partial charge in [-0.1, -0.05) is 0 Å². The quantitative estimate of drug-likeness (QED) is 0.617. The van der Waals surface area contributed by atoms with Crippen molar-refractivity contribution in [2.75, 3.05) is 9.80 Å². The lowest BCUT2D eigenvalue weighted by molar-refractivity contribution is -0.138. The number of alkyl halides is 3. The number of hydrogen-bond acceptors (Lipinski definition) is 7. The second-order valence-corrected chi connectivity index (χ2v) is 8.44. The summed E-state index contributed by atoms with van der Waals surface area (Å²) in [5.74, 6) is -0.888. The van der Waals surface area contributed by atoms with Gasteiger partial charge in [-0.05, 0) is 44.9 Å². The summed E-state index contributed by atoms with van der Waals surface area (Å²) in [5, 5.41) is 8.97. The van der Waals surface area contributed by atoms with Crippen LogP contribution in [-0.4, -0.2) is 32.8 Å². The molecule has 0 aliphatic carbocycles. The molecule has 3 heterocycles. The van der Waals surface area contributed by atoms with Crippen molar-refractivity contribution >= 4 is 35.8 Å². The standard InChI is InChI=1S/C21H21F3N6O2S/c1-20(2)18(32)29(14-8-15(21(22,23)24)16(9-25)28-11-14)19(33)30(20)13-7-6-12(27-10-13)4-3-5-17(26)31/h6-8,10-11,19,33H,3-5H2,1-2H3,(H2,26,31). The number of pyridine rings is 2. The maximum Gasteiger partial charge on any atom is 0.419 e. The summed E-state index contributed by atoms with van der Waals surface area (Å²) in [4.78, 5) is 34.8. The van der Waals surface area contributed by atoms with Gasteiger partial charge in [0.1, 0.15) is 11.6 Å². The number of rotatable bonds is 6. The zero-order valence-electron chi connectivity index (χ0n) is 17.8. The molecule has 1 unspecified atom stereocenters. The minimum atomic E-state index is -4.81. The van der Waals surface area contributed by atoms with Crippen LogP contribution in [0.25, 0.3) is 0 Å². The van der Waals surface area contributed by atoms with Gasteiger partial charge in [-0.15, -0.1) is 12.6 Å². The van der Waals surface area contributed by atoms with Crippen molar-refractivity contribution in [2.45, 2.75) is 50.3 Å². The molecule has 1 atom stereocenters. The molecule has 0 bridgehead atoms. The van der Waals surface area contributed by atoms with Gasteiger partial charge in [0.15, 0.2) is 11.2 Å². The highest BCUT2D eigenvalue weighted by atomic mass is 32.1. The summed E-state index contributed by atoms with van der Waals surface area (Å²) in [6, 6.07) is 5.62.